The van der Waals surface area contributed by atoms with Crippen LogP contribution in [0.25, 0.3) is 0 Å². The number of amides is 6. The van der Waals surface area contributed by atoms with E-state index < -0.39 is 35.5 Å². The number of para-hydroxylation sites is 1. The van der Waals surface area contributed by atoms with Crippen LogP contribution in [0, 0.1) is 18.7 Å². The number of urea groups is 1. The average molecular weight is 501 g/mol. The van der Waals surface area contributed by atoms with Gasteiger partial charge in [-0.25, -0.2) is 19.5 Å². The molecule has 37 heavy (non-hydrogen) atoms. The Bertz CT molecular complexity index is 1420. The zero-order valence-electron chi connectivity index (χ0n) is 19.4. The number of aryl methyl sites for hydroxylation is 1. The molecule has 1 heterocycles. The molecule has 4 rings (SSSR count). The molecule has 1 saturated heterocycles. The quantitative estimate of drug-likeness (QED) is 0.271. The molecule has 0 radical (unpaired) electrons. The molecule has 1 fully saturated rings. The third-order valence-electron chi connectivity index (χ3n) is 5.40. The van der Waals surface area contributed by atoms with Crippen molar-refractivity contribution >= 4 is 47.2 Å². The summed E-state index contributed by atoms with van der Waals surface area (Å²) < 4.78 is 14.1. The Morgan fingerprint density at radius 3 is 2.22 bits per heavy atom. The predicted molar refractivity (Wildman–Crippen MR) is 132 cm³/mol. The van der Waals surface area contributed by atoms with E-state index in [4.69, 9.17) is 0 Å². The van der Waals surface area contributed by atoms with Crippen LogP contribution in [0.2, 0.25) is 0 Å². The summed E-state index contributed by atoms with van der Waals surface area (Å²) in [5.41, 5.74) is 4.03. The first kappa shape index (κ1) is 24.9. The molecule has 1 atom stereocenters. The van der Waals surface area contributed by atoms with Gasteiger partial charge in [0.15, 0.2) is 5.92 Å². The Kier molecular flexibility index (Phi) is 7.14. The number of benzene rings is 3. The first-order valence-electron chi connectivity index (χ1n) is 11.0. The number of hydrogen-bond donors (Lipinski definition) is 3. The minimum absolute atomic E-state index is 0.188. The Balaban J connectivity index is 1.38. The van der Waals surface area contributed by atoms with Gasteiger partial charge < -0.3 is 5.32 Å². The second-order valence-corrected chi connectivity index (χ2v) is 8.01. The van der Waals surface area contributed by atoms with Gasteiger partial charge in [-0.1, -0.05) is 29.8 Å². The molecule has 6 amide bonds. The van der Waals surface area contributed by atoms with Crippen LogP contribution in [-0.4, -0.2) is 35.9 Å². The first-order valence-corrected chi connectivity index (χ1v) is 11.0. The van der Waals surface area contributed by atoms with Gasteiger partial charge in [0.05, 0.1) is 5.69 Å². The van der Waals surface area contributed by atoms with Gasteiger partial charge in [-0.05, 0) is 55.5 Å². The molecular weight excluding hydrogens is 481 g/mol. The van der Waals surface area contributed by atoms with Crippen molar-refractivity contribution in [3.05, 3.63) is 95.3 Å². The highest BCUT2D eigenvalue weighted by molar-refractivity contribution is 6.32. The van der Waals surface area contributed by atoms with Crippen LogP contribution in [0.1, 0.15) is 26.3 Å². The highest BCUT2D eigenvalue weighted by Gasteiger charge is 2.41. The van der Waals surface area contributed by atoms with Crippen LogP contribution in [0.15, 0.2) is 77.9 Å². The van der Waals surface area contributed by atoms with Crippen LogP contribution in [0.4, 0.5) is 20.6 Å². The van der Waals surface area contributed by atoms with Gasteiger partial charge in [-0.3, -0.25) is 24.5 Å². The Morgan fingerprint density at radius 2 is 1.54 bits per heavy atom. The van der Waals surface area contributed by atoms with Crippen molar-refractivity contribution in [3.63, 3.8) is 0 Å². The predicted octanol–water partition coefficient (Wildman–Crippen LogP) is 3.00. The summed E-state index contributed by atoms with van der Waals surface area (Å²) >= 11 is 0. The van der Waals surface area contributed by atoms with E-state index in [2.05, 4.69) is 15.8 Å². The van der Waals surface area contributed by atoms with Gasteiger partial charge in [-0.15, -0.1) is 0 Å². The molecule has 1 aliphatic rings. The van der Waals surface area contributed by atoms with Crippen molar-refractivity contribution in [2.45, 2.75) is 6.92 Å². The van der Waals surface area contributed by atoms with Crippen LogP contribution in [0.3, 0.4) is 0 Å². The van der Waals surface area contributed by atoms with Crippen LogP contribution < -0.4 is 21.0 Å². The minimum atomic E-state index is -1.57. The largest absolute Gasteiger partial charge is 0.335 e. The van der Waals surface area contributed by atoms with Crippen LogP contribution in [0.5, 0.6) is 0 Å². The maximum absolute atomic E-state index is 14.1. The molecule has 0 aromatic heterocycles. The smallest absolute Gasteiger partial charge is 0.322 e. The lowest BCUT2D eigenvalue weighted by Crippen LogP contribution is -2.59. The van der Waals surface area contributed by atoms with E-state index in [-0.39, 0.29) is 17.2 Å². The third kappa shape index (κ3) is 5.56. The first-order chi connectivity index (χ1) is 17.7. The monoisotopic (exact) mass is 501 g/mol. The fraction of sp³-hybridized carbons (Fsp3) is 0.0769. The Morgan fingerprint density at radius 1 is 0.919 bits per heavy atom. The topological polar surface area (TPSA) is 137 Å². The lowest BCUT2D eigenvalue weighted by molar-refractivity contribution is -0.131. The SMILES string of the molecule is Cc1ccc(C(=O)Nc2ccc(C(=O)N/N=C\[C@H]3C(=O)NC(=O)N(c4ccccc4F)C3=O)cc2)cc1. The number of rotatable bonds is 6. The van der Waals surface area contributed by atoms with Gasteiger partial charge in [0.1, 0.15) is 5.82 Å². The van der Waals surface area contributed by atoms with Crippen molar-refractivity contribution < 1.29 is 28.4 Å². The molecule has 10 nitrogen and oxygen atoms in total. The number of barbiturate groups is 1. The second-order valence-electron chi connectivity index (χ2n) is 8.01. The molecular formula is C26H20FN5O5. The van der Waals surface area contributed by atoms with E-state index in [0.29, 0.717) is 16.2 Å². The van der Waals surface area contributed by atoms with Gasteiger partial charge in [0.2, 0.25) is 5.91 Å². The zero-order chi connectivity index (χ0) is 26.5. The summed E-state index contributed by atoms with van der Waals surface area (Å²) in [6.07, 6.45) is 0.853. The highest BCUT2D eigenvalue weighted by Crippen LogP contribution is 2.23. The van der Waals surface area contributed by atoms with Gasteiger partial charge >= 0.3 is 6.03 Å². The maximum Gasteiger partial charge on any atom is 0.335 e. The number of imide groups is 2. The summed E-state index contributed by atoms with van der Waals surface area (Å²) in [4.78, 5) is 62.3. The van der Waals surface area contributed by atoms with Crippen molar-refractivity contribution in [1.29, 1.82) is 0 Å². The molecule has 0 bridgehead atoms. The summed E-state index contributed by atoms with van der Waals surface area (Å²) in [5, 5.41) is 8.35. The van der Waals surface area contributed by atoms with Crippen molar-refractivity contribution in [2.75, 3.05) is 10.2 Å². The van der Waals surface area contributed by atoms with E-state index in [0.717, 1.165) is 17.8 Å². The summed E-state index contributed by atoms with van der Waals surface area (Å²) in [5.74, 6) is -5.35. The number of hydrogen-bond acceptors (Lipinski definition) is 6. The lowest BCUT2D eigenvalue weighted by atomic mass is 10.1. The molecule has 1 aliphatic heterocycles. The van der Waals surface area contributed by atoms with Crippen LogP contribution in [-0.2, 0) is 9.59 Å². The van der Waals surface area contributed by atoms with Crippen molar-refractivity contribution in [2.24, 2.45) is 11.0 Å². The number of hydrazone groups is 1. The van der Waals surface area contributed by atoms with Gasteiger partial charge in [0, 0.05) is 23.0 Å². The summed E-state index contributed by atoms with van der Waals surface area (Å²) in [7, 11) is 0. The van der Waals surface area contributed by atoms with Crippen molar-refractivity contribution in [1.82, 2.24) is 10.7 Å². The number of carbonyl (C=O) groups is 5. The minimum Gasteiger partial charge on any atom is -0.322 e. The fourth-order valence-electron chi connectivity index (χ4n) is 3.43. The number of nitrogens with one attached hydrogen (secondary N) is 3. The average Bonchev–Trinajstić information content (AvgIpc) is 2.87. The summed E-state index contributed by atoms with van der Waals surface area (Å²) in [6, 6.07) is 17.0. The Hall–Kier alpha value is -5.19. The highest BCUT2D eigenvalue weighted by atomic mass is 19.1. The van der Waals surface area contributed by atoms with E-state index in [1.807, 2.05) is 24.4 Å². The lowest BCUT2D eigenvalue weighted by Gasteiger charge is -2.28. The van der Waals surface area contributed by atoms with Crippen LogP contribution >= 0.6 is 0 Å². The third-order valence-corrected chi connectivity index (χ3v) is 5.40. The van der Waals surface area contributed by atoms with Gasteiger partial charge in [-0.2, -0.15) is 5.10 Å². The fourth-order valence-corrected chi connectivity index (χ4v) is 3.43. The van der Waals surface area contributed by atoms with E-state index in [1.165, 1.54) is 42.5 Å². The van der Waals surface area contributed by atoms with E-state index >= 15 is 0 Å². The molecule has 0 aliphatic carbocycles. The van der Waals surface area contributed by atoms with Gasteiger partial charge in [0.25, 0.3) is 17.7 Å². The zero-order valence-corrected chi connectivity index (χ0v) is 19.4. The molecule has 0 unspecified atom stereocenters. The molecule has 3 N–H and O–H groups in total. The standard InChI is InChI=1S/C26H20FN5O5/c1-15-6-8-16(9-7-15)22(33)29-18-12-10-17(11-13-18)23(34)31-28-14-19-24(35)30-26(37)32(25(19)36)21-5-3-2-4-20(21)27/h2-14,19H,1H3,(H,29,33)(H,31,34)(H,30,35,37)/b28-14-/t19-/m0/s1. The maximum atomic E-state index is 14.1. The van der Waals surface area contributed by atoms with E-state index in [1.54, 1.807) is 12.1 Å². The van der Waals surface area contributed by atoms with E-state index in [9.17, 15) is 28.4 Å². The molecule has 186 valence electrons. The normalized spacial score (nSPS) is 15.5. The Labute approximate surface area is 210 Å². The number of carbonyl (C=O) groups excluding carboxylic acids is 5. The molecule has 3 aromatic rings. The molecule has 0 spiro atoms. The second kappa shape index (κ2) is 10.6. The molecule has 3 aromatic carbocycles. The molecule has 0 saturated carbocycles. The number of nitrogens with zero attached hydrogens (tertiary/aromatic N) is 2. The summed E-state index contributed by atoms with van der Waals surface area (Å²) in [6.45, 7) is 1.92. The number of halogens is 1. The molecule has 11 heteroatoms. The number of anilines is 2. The van der Waals surface area contributed by atoms with Crippen molar-refractivity contribution in [3.8, 4) is 0 Å².